The lowest BCUT2D eigenvalue weighted by Crippen LogP contribution is -2.52. The number of pyridine rings is 1. The van der Waals surface area contributed by atoms with Gasteiger partial charge >= 0.3 is 0 Å². The molecule has 0 aliphatic carbocycles. The molecule has 0 spiro atoms. The monoisotopic (exact) mass is 276 g/mol. The van der Waals surface area contributed by atoms with E-state index in [4.69, 9.17) is 5.73 Å². The van der Waals surface area contributed by atoms with E-state index in [1.807, 2.05) is 12.3 Å². The summed E-state index contributed by atoms with van der Waals surface area (Å²) >= 11 is 0. The van der Waals surface area contributed by atoms with Crippen LogP contribution in [0.25, 0.3) is 0 Å². The van der Waals surface area contributed by atoms with E-state index in [1.54, 1.807) is 0 Å². The Labute approximate surface area is 123 Å². The fourth-order valence-electron chi connectivity index (χ4n) is 2.96. The standard InChI is InChI=1S/C16H28N4/c1-4-15(17)11-14-7-6-8-18-16(14)20-10-9-19(5-2)13(3)12-20/h6-8,13,15H,4-5,9-12,17H2,1-3H3. The Bertz CT molecular complexity index is 421. The van der Waals surface area contributed by atoms with Crippen LogP contribution in [0.5, 0.6) is 0 Å². The highest BCUT2D eigenvalue weighted by molar-refractivity contribution is 5.47. The summed E-state index contributed by atoms with van der Waals surface area (Å²) in [5, 5.41) is 0. The van der Waals surface area contributed by atoms with Crippen molar-refractivity contribution in [3.63, 3.8) is 0 Å². The Morgan fingerprint density at radius 2 is 2.20 bits per heavy atom. The van der Waals surface area contributed by atoms with Crippen molar-refractivity contribution in [3.8, 4) is 0 Å². The van der Waals surface area contributed by atoms with Gasteiger partial charge in [-0.2, -0.15) is 0 Å². The number of aromatic nitrogens is 1. The van der Waals surface area contributed by atoms with Crippen molar-refractivity contribution < 1.29 is 0 Å². The van der Waals surface area contributed by atoms with Gasteiger partial charge in [0.05, 0.1) is 0 Å². The number of anilines is 1. The van der Waals surface area contributed by atoms with Gasteiger partial charge in [0, 0.05) is 37.9 Å². The number of hydrogen-bond donors (Lipinski definition) is 1. The second-order valence-corrected chi connectivity index (χ2v) is 5.78. The first-order valence-electron chi connectivity index (χ1n) is 7.84. The van der Waals surface area contributed by atoms with Gasteiger partial charge in [0.15, 0.2) is 0 Å². The first-order chi connectivity index (χ1) is 9.65. The summed E-state index contributed by atoms with van der Waals surface area (Å²) in [6, 6.07) is 5.01. The van der Waals surface area contributed by atoms with Crippen molar-refractivity contribution in [1.82, 2.24) is 9.88 Å². The van der Waals surface area contributed by atoms with E-state index in [9.17, 15) is 0 Å². The highest BCUT2D eigenvalue weighted by Crippen LogP contribution is 2.22. The molecule has 0 radical (unpaired) electrons. The summed E-state index contributed by atoms with van der Waals surface area (Å²) in [7, 11) is 0. The average molecular weight is 276 g/mol. The second-order valence-electron chi connectivity index (χ2n) is 5.78. The van der Waals surface area contributed by atoms with Crippen molar-refractivity contribution >= 4 is 5.82 Å². The minimum Gasteiger partial charge on any atom is -0.354 e. The van der Waals surface area contributed by atoms with Crippen LogP contribution in [-0.4, -0.2) is 48.1 Å². The molecule has 1 aliphatic rings. The molecule has 1 saturated heterocycles. The maximum Gasteiger partial charge on any atom is 0.131 e. The molecule has 1 aliphatic heterocycles. The van der Waals surface area contributed by atoms with Gasteiger partial charge in [0.1, 0.15) is 5.82 Å². The first-order valence-corrected chi connectivity index (χ1v) is 7.84. The van der Waals surface area contributed by atoms with Crippen LogP contribution in [0, 0.1) is 0 Å². The quantitative estimate of drug-likeness (QED) is 0.892. The number of hydrogen-bond acceptors (Lipinski definition) is 4. The molecule has 0 saturated carbocycles. The van der Waals surface area contributed by atoms with E-state index < -0.39 is 0 Å². The number of nitrogens with two attached hydrogens (primary N) is 1. The SMILES string of the molecule is CCC(N)Cc1cccnc1N1CCN(CC)C(C)C1. The highest BCUT2D eigenvalue weighted by Gasteiger charge is 2.24. The molecule has 2 N–H and O–H groups in total. The van der Waals surface area contributed by atoms with Gasteiger partial charge in [0.25, 0.3) is 0 Å². The van der Waals surface area contributed by atoms with Gasteiger partial charge < -0.3 is 10.6 Å². The molecule has 1 aromatic rings. The molecule has 4 heteroatoms. The Morgan fingerprint density at radius 3 is 2.85 bits per heavy atom. The smallest absolute Gasteiger partial charge is 0.131 e. The second kappa shape index (κ2) is 7.04. The molecule has 2 unspecified atom stereocenters. The Hall–Kier alpha value is -1.13. The summed E-state index contributed by atoms with van der Waals surface area (Å²) in [6.45, 7) is 11.0. The van der Waals surface area contributed by atoms with Crippen LogP contribution in [0.15, 0.2) is 18.3 Å². The van der Waals surface area contributed by atoms with Gasteiger partial charge in [-0.15, -0.1) is 0 Å². The van der Waals surface area contributed by atoms with Crippen molar-refractivity contribution in [3.05, 3.63) is 23.9 Å². The van der Waals surface area contributed by atoms with Gasteiger partial charge in [-0.1, -0.05) is 19.9 Å². The maximum absolute atomic E-state index is 6.12. The third-order valence-electron chi connectivity index (χ3n) is 4.34. The third-order valence-corrected chi connectivity index (χ3v) is 4.34. The summed E-state index contributed by atoms with van der Waals surface area (Å²) in [4.78, 5) is 9.58. The summed E-state index contributed by atoms with van der Waals surface area (Å²) in [6.07, 6.45) is 3.82. The minimum atomic E-state index is 0.229. The van der Waals surface area contributed by atoms with Crippen molar-refractivity contribution in [2.24, 2.45) is 5.73 Å². The van der Waals surface area contributed by atoms with Crippen LogP contribution in [0.1, 0.15) is 32.8 Å². The molecule has 2 rings (SSSR count). The van der Waals surface area contributed by atoms with E-state index in [-0.39, 0.29) is 6.04 Å². The third kappa shape index (κ3) is 3.49. The van der Waals surface area contributed by atoms with E-state index in [1.165, 1.54) is 5.56 Å². The summed E-state index contributed by atoms with van der Waals surface area (Å²) < 4.78 is 0. The van der Waals surface area contributed by atoms with E-state index in [0.717, 1.165) is 44.8 Å². The topological polar surface area (TPSA) is 45.4 Å². The number of likely N-dealkylation sites (N-methyl/N-ethyl adjacent to an activating group) is 1. The molecule has 20 heavy (non-hydrogen) atoms. The summed E-state index contributed by atoms with van der Waals surface area (Å²) in [5.74, 6) is 1.14. The van der Waals surface area contributed by atoms with Crippen LogP contribution in [-0.2, 0) is 6.42 Å². The zero-order valence-electron chi connectivity index (χ0n) is 13.0. The van der Waals surface area contributed by atoms with Gasteiger partial charge in [-0.3, -0.25) is 4.90 Å². The molecule has 1 aromatic heterocycles. The summed E-state index contributed by atoms with van der Waals surface area (Å²) in [5.41, 5.74) is 7.41. The van der Waals surface area contributed by atoms with Crippen LogP contribution in [0.4, 0.5) is 5.82 Å². The van der Waals surface area contributed by atoms with E-state index in [0.29, 0.717) is 6.04 Å². The Balaban J connectivity index is 2.12. The fourth-order valence-corrected chi connectivity index (χ4v) is 2.96. The Morgan fingerprint density at radius 1 is 1.40 bits per heavy atom. The van der Waals surface area contributed by atoms with Crippen LogP contribution >= 0.6 is 0 Å². The van der Waals surface area contributed by atoms with Crippen LogP contribution in [0.2, 0.25) is 0 Å². The van der Waals surface area contributed by atoms with Crippen molar-refractivity contribution in [1.29, 1.82) is 0 Å². The number of nitrogens with zero attached hydrogens (tertiary/aromatic N) is 3. The molecular formula is C16H28N4. The van der Waals surface area contributed by atoms with Crippen LogP contribution < -0.4 is 10.6 Å². The van der Waals surface area contributed by atoms with Crippen molar-refractivity contribution in [2.75, 3.05) is 31.1 Å². The normalized spacial score (nSPS) is 22.0. The molecule has 2 atom stereocenters. The van der Waals surface area contributed by atoms with E-state index >= 15 is 0 Å². The van der Waals surface area contributed by atoms with Gasteiger partial charge in [-0.25, -0.2) is 4.98 Å². The molecular weight excluding hydrogens is 248 g/mol. The fraction of sp³-hybridized carbons (Fsp3) is 0.688. The molecule has 112 valence electrons. The van der Waals surface area contributed by atoms with E-state index in [2.05, 4.69) is 41.6 Å². The lowest BCUT2D eigenvalue weighted by molar-refractivity contribution is 0.199. The van der Waals surface area contributed by atoms with Crippen molar-refractivity contribution in [2.45, 2.75) is 45.7 Å². The largest absolute Gasteiger partial charge is 0.354 e. The molecule has 0 amide bonds. The van der Waals surface area contributed by atoms with Crippen LogP contribution in [0.3, 0.4) is 0 Å². The lowest BCUT2D eigenvalue weighted by atomic mass is 10.0. The zero-order chi connectivity index (χ0) is 14.5. The predicted molar refractivity (Wildman–Crippen MR) is 85.1 cm³/mol. The van der Waals surface area contributed by atoms with Gasteiger partial charge in [0.2, 0.25) is 0 Å². The Kier molecular flexibility index (Phi) is 5.38. The first kappa shape index (κ1) is 15.3. The molecule has 0 bridgehead atoms. The molecule has 1 fully saturated rings. The number of piperazine rings is 1. The average Bonchev–Trinajstić information content (AvgIpc) is 2.47. The highest BCUT2D eigenvalue weighted by atomic mass is 15.3. The number of rotatable bonds is 5. The maximum atomic E-state index is 6.12. The minimum absolute atomic E-state index is 0.229. The zero-order valence-corrected chi connectivity index (χ0v) is 13.0. The molecule has 4 nitrogen and oxygen atoms in total. The molecule has 0 aromatic carbocycles. The lowest BCUT2D eigenvalue weighted by Gasteiger charge is -2.40. The van der Waals surface area contributed by atoms with Gasteiger partial charge in [-0.05, 0) is 37.9 Å². The predicted octanol–water partition coefficient (Wildman–Crippen LogP) is 1.89. The molecule has 2 heterocycles.